The third kappa shape index (κ3) is 4.45. The van der Waals surface area contributed by atoms with Gasteiger partial charge in [-0.2, -0.15) is 0 Å². The summed E-state index contributed by atoms with van der Waals surface area (Å²) in [6.07, 6.45) is 7.10. The molecular weight excluding hydrogens is 460 g/mol. The Hall–Kier alpha value is -3.47. The van der Waals surface area contributed by atoms with Crippen molar-refractivity contribution < 1.29 is 14.3 Å². The minimum atomic E-state index is -0.339. The molecule has 3 aromatic carbocycles. The number of para-hydroxylation sites is 1. The van der Waals surface area contributed by atoms with Gasteiger partial charge in [0.15, 0.2) is 0 Å². The van der Waals surface area contributed by atoms with E-state index in [0.717, 1.165) is 52.9 Å². The number of esters is 1. The molecule has 5 heteroatoms. The highest BCUT2D eigenvalue weighted by Gasteiger charge is 2.56. The number of methoxy groups -OCH3 is 1. The smallest absolute Gasteiger partial charge is 0.339 e. The number of rotatable bonds is 8. The zero-order chi connectivity index (χ0) is 25.6. The van der Waals surface area contributed by atoms with E-state index in [1.165, 1.54) is 39.2 Å². The Balaban J connectivity index is 1.10. The first-order valence-corrected chi connectivity index (χ1v) is 13.4. The molecule has 0 aliphatic heterocycles. The number of anilines is 4. The fourth-order valence-electron chi connectivity index (χ4n) is 7.39. The van der Waals surface area contributed by atoms with Crippen LogP contribution in [0.15, 0.2) is 72.8 Å². The standard InChI is InChI=1S/C32H36N2O3/c1-33(25-8-10-27(11-9-25)34(2)30-7-5-4-6-29(30)31(35)36-3)26-12-14-28(15-13-26)37-21-32-18-22-16-23(19-32)24(17-22)20-32/h4-15,22-24H,16-21H2,1-3H3. The summed E-state index contributed by atoms with van der Waals surface area (Å²) in [6, 6.07) is 24.3. The number of benzene rings is 3. The van der Waals surface area contributed by atoms with Crippen molar-refractivity contribution >= 4 is 28.7 Å². The minimum absolute atomic E-state index is 0.339. The van der Waals surface area contributed by atoms with E-state index in [9.17, 15) is 4.79 Å². The van der Waals surface area contributed by atoms with Gasteiger partial charge in [0.05, 0.1) is 25.0 Å². The van der Waals surface area contributed by atoms with Crippen LogP contribution in [-0.2, 0) is 4.74 Å². The Morgan fingerprint density at radius 3 is 1.97 bits per heavy atom. The van der Waals surface area contributed by atoms with Gasteiger partial charge in [-0.05, 0) is 111 Å². The number of ether oxygens (including phenoxy) is 2. The molecular formula is C32H36N2O3. The third-order valence-electron chi connectivity index (χ3n) is 9.11. The second-order valence-electron chi connectivity index (χ2n) is 11.4. The van der Waals surface area contributed by atoms with Crippen molar-refractivity contribution in [2.45, 2.75) is 32.1 Å². The van der Waals surface area contributed by atoms with Crippen LogP contribution >= 0.6 is 0 Å². The monoisotopic (exact) mass is 496 g/mol. The molecule has 4 aliphatic carbocycles. The zero-order valence-electron chi connectivity index (χ0n) is 22.0. The molecule has 192 valence electrons. The summed E-state index contributed by atoms with van der Waals surface area (Å²) in [5.41, 5.74) is 4.99. The molecule has 2 atom stereocenters. The summed E-state index contributed by atoms with van der Waals surface area (Å²) < 4.78 is 11.3. The molecule has 7 rings (SSSR count). The maximum atomic E-state index is 12.2. The quantitative estimate of drug-likeness (QED) is 0.308. The van der Waals surface area contributed by atoms with Gasteiger partial charge >= 0.3 is 5.97 Å². The average molecular weight is 497 g/mol. The molecule has 0 N–H and O–H groups in total. The van der Waals surface area contributed by atoms with Gasteiger partial charge < -0.3 is 19.3 Å². The summed E-state index contributed by atoms with van der Waals surface area (Å²) >= 11 is 0. The molecule has 0 amide bonds. The van der Waals surface area contributed by atoms with Gasteiger partial charge in [-0.1, -0.05) is 12.1 Å². The topological polar surface area (TPSA) is 42.0 Å². The largest absolute Gasteiger partial charge is 0.493 e. The normalized spacial score (nSPS) is 25.2. The number of carbonyl (C=O) groups excluding carboxylic acids is 1. The Labute approximate surface area is 220 Å². The van der Waals surface area contributed by atoms with E-state index < -0.39 is 0 Å². The lowest BCUT2D eigenvalue weighted by Crippen LogP contribution is -2.33. The highest BCUT2D eigenvalue weighted by atomic mass is 16.5. The van der Waals surface area contributed by atoms with E-state index in [2.05, 4.69) is 60.5 Å². The van der Waals surface area contributed by atoms with Crippen LogP contribution < -0.4 is 14.5 Å². The molecule has 0 aromatic heterocycles. The molecule has 4 fully saturated rings. The van der Waals surface area contributed by atoms with Crippen LogP contribution in [0.4, 0.5) is 22.7 Å². The van der Waals surface area contributed by atoms with Crippen molar-refractivity contribution in [2.75, 3.05) is 37.6 Å². The van der Waals surface area contributed by atoms with Crippen LogP contribution in [0.25, 0.3) is 0 Å². The van der Waals surface area contributed by atoms with Gasteiger partial charge in [-0.15, -0.1) is 0 Å². The van der Waals surface area contributed by atoms with Crippen LogP contribution in [0.5, 0.6) is 5.75 Å². The summed E-state index contributed by atoms with van der Waals surface area (Å²) in [6.45, 7) is 0.875. The molecule has 4 bridgehead atoms. The molecule has 4 saturated carbocycles. The van der Waals surface area contributed by atoms with Gasteiger partial charge in [-0.25, -0.2) is 4.79 Å². The lowest BCUT2D eigenvalue weighted by atomic mass is 9.70. The van der Waals surface area contributed by atoms with E-state index in [0.29, 0.717) is 11.0 Å². The Bertz CT molecular complexity index is 1250. The van der Waals surface area contributed by atoms with Crippen LogP contribution in [-0.4, -0.2) is 33.8 Å². The van der Waals surface area contributed by atoms with Gasteiger partial charge in [0.1, 0.15) is 5.75 Å². The second kappa shape index (κ2) is 9.44. The van der Waals surface area contributed by atoms with Crippen molar-refractivity contribution in [3.05, 3.63) is 78.4 Å². The molecule has 5 nitrogen and oxygen atoms in total. The van der Waals surface area contributed by atoms with Gasteiger partial charge in [0.25, 0.3) is 0 Å². The van der Waals surface area contributed by atoms with E-state index in [-0.39, 0.29) is 5.97 Å². The Morgan fingerprint density at radius 2 is 1.38 bits per heavy atom. The Morgan fingerprint density at radius 1 is 0.811 bits per heavy atom. The molecule has 0 radical (unpaired) electrons. The molecule has 3 aromatic rings. The van der Waals surface area contributed by atoms with Crippen LogP contribution in [0.1, 0.15) is 42.5 Å². The van der Waals surface area contributed by atoms with Crippen molar-refractivity contribution in [3.8, 4) is 5.75 Å². The minimum Gasteiger partial charge on any atom is -0.493 e. The third-order valence-corrected chi connectivity index (χ3v) is 9.11. The maximum absolute atomic E-state index is 12.2. The van der Waals surface area contributed by atoms with E-state index >= 15 is 0 Å². The van der Waals surface area contributed by atoms with Gasteiger partial charge in [0.2, 0.25) is 0 Å². The zero-order valence-corrected chi connectivity index (χ0v) is 22.0. The van der Waals surface area contributed by atoms with Crippen LogP contribution in [0, 0.1) is 23.2 Å². The summed E-state index contributed by atoms with van der Waals surface area (Å²) in [5, 5.41) is 0. The predicted molar refractivity (Wildman–Crippen MR) is 148 cm³/mol. The summed E-state index contributed by atoms with van der Waals surface area (Å²) in [4.78, 5) is 16.4. The second-order valence-corrected chi connectivity index (χ2v) is 11.4. The summed E-state index contributed by atoms with van der Waals surface area (Å²) in [7, 11) is 5.44. The van der Waals surface area contributed by atoms with E-state index in [1.54, 1.807) is 6.07 Å². The average Bonchev–Trinajstić information content (AvgIpc) is 3.37. The van der Waals surface area contributed by atoms with Gasteiger partial charge in [-0.3, -0.25) is 0 Å². The van der Waals surface area contributed by atoms with Crippen molar-refractivity contribution in [1.82, 2.24) is 0 Å². The number of hydrogen-bond acceptors (Lipinski definition) is 5. The maximum Gasteiger partial charge on any atom is 0.339 e. The summed E-state index contributed by atoms with van der Waals surface area (Å²) in [5.74, 6) is 3.55. The van der Waals surface area contributed by atoms with Crippen molar-refractivity contribution in [1.29, 1.82) is 0 Å². The number of nitrogens with zero attached hydrogens (tertiary/aromatic N) is 2. The Kier molecular flexibility index (Phi) is 6.10. The number of carbonyl (C=O) groups is 1. The van der Waals surface area contributed by atoms with E-state index in [4.69, 9.17) is 9.47 Å². The molecule has 0 spiro atoms. The molecule has 0 saturated heterocycles. The molecule has 0 heterocycles. The lowest BCUT2D eigenvalue weighted by Gasteiger charge is -2.38. The highest BCUT2D eigenvalue weighted by molar-refractivity contribution is 5.96. The first-order chi connectivity index (χ1) is 17.9. The lowest BCUT2D eigenvalue weighted by molar-refractivity contribution is 0.0601. The van der Waals surface area contributed by atoms with Crippen LogP contribution in [0.3, 0.4) is 0 Å². The fraction of sp³-hybridized carbons (Fsp3) is 0.406. The first-order valence-electron chi connectivity index (χ1n) is 13.4. The van der Waals surface area contributed by atoms with Crippen LogP contribution in [0.2, 0.25) is 0 Å². The van der Waals surface area contributed by atoms with Crippen molar-refractivity contribution in [2.24, 2.45) is 23.2 Å². The molecule has 4 aliphatic rings. The predicted octanol–water partition coefficient (Wildman–Crippen LogP) is 7.21. The highest BCUT2D eigenvalue weighted by Crippen LogP contribution is 2.64. The van der Waals surface area contributed by atoms with E-state index in [1.807, 2.05) is 30.1 Å². The van der Waals surface area contributed by atoms with Crippen molar-refractivity contribution in [3.63, 3.8) is 0 Å². The SMILES string of the molecule is COC(=O)c1ccccc1N(C)c1ccc(N(C)c2ccc(OCC34CC5CC(C3)C(C5)C4)cc2)cc1. The number of hydrogen-bond donors (Lipinski definition) is 0. The first kappa shape index (κ1) is 23.9. The fourth-order valence-corrected chi connectivity index (χ4v) is 7.39. The molecule has 2 unspecified atom stereocenters. The molecule has 37 heavy (non-hydrogen) atoms. The van der Waals surface area contributed by atoms with Gasteiger partial charge in [0, 0.05) is 36.6 Å².